The van der Waals surface area contributed by atoms with Crippen LogP contribution >= 0.6 is 11.3 Å². The third-order valence-electron chi connectivity index (χ3n) is 3.73. The minimum Gasteiger partial charge on any atom is -0.203 e. The molecule has 0 aliphatic heterocycles. The van der Waals surface area contributed by atoms with E-state index in [-0.39, 0.29) is 5.56 Å². The molecule has 3 rings (SSSR count). The summed E-state index contributed by atoms with van der Waals surface area (Å²) in [5.74, 6) is -9.64. The van der Waals surface area contributed by atoms with Gasteiger partial charge in [-0.25, -0.2) is 22.0 Å². The van der Waals surface area contributed by atoms with Crippen LogP contribution in [0, 0.1) is 42.9 Å². The zero-order valence-corrected chi connectivity index (χ0v) is 12.3. The van der Waals surface area contributed by atoms with Crippen molar-refractivity contribution in [3.8, 4) is 11.1 Å². The fourth-order valence-corrected chi connectivity index (χ4v) is 3.50. The first kappa shape index (κ1) is 15.0. The number of fused-ring (bicyclic) bond motifs is 1. The van der Waals surface area contributed by atoms with Crippen LogP contribution in [0.2, 0.25) is 0 Å². The van der Waals surface area contributed by atoms with Crippen LogP contribution in [-0.2, 0) is 0 Å². The third-order valence-corrected chi connectivity index (χ3v) is 4.48. The summed E-state index contributed by atoms with van der Waals surface area (Å²) in [7, 11) is 0. The maximum absolute atomic E-state index is 14.0. The van der Waals surface area contributed by atoms with Crippen molar-refractivity contribution in [1.29, 1.82) is 0 Å². The predicted molar refractivity (Wildman–Crippen MR) is 76.5 cm³/mol. The summed E-state index contributed by atoms with van der Waals surface area (Å²) in [6.07, 6.45) is 0. The second-order valence-corrected chi connectivity index (χ2v) is 5.75. The molecule has 0 amide bonds. The molecule has 3 aromatic rings. The van der Waals surface area contributed by atoms with E-state index >= 15 is 0 Å². The maximum atomic E-state index is 14.0. The Balaban J connectivity index is 2.45. The van der Waals surface area contributed by atoms with E-state index in [1.165, 1.54) is 17.4 Å². The van der Waals surface area contributed by atoms with Gasteiger partial charge in [0.1, 0.15) is 0 Å². The van der Waals surface area contributed by atoms with E-state index in [1.807, 2.05) is 5.38 Å². The molecule has 0 saturated carbocycles. The number of hydrogen-bond donors (Lipinski definition) is 0. The van der Waals surface area contributed by atoms with Crippen molar-refractivity contribution >= 4 is 22.1 Å². The maximum Gasteiger partial charge on any atom is 0.200 e. The number of rotatable bonds is 1. The minimum absolute atomic E-state index is 0.0104. The molecule has 22 heavy (non-hydrogen) atoms. The Labute approximate surface area is 126 Å². The number of thiophene rings is 1. The van der Waals surface area contributed by atoms with E-state index in [0.29, 0.717) is 11.1 Å². The molecule has 0 nitrogen and oxygen atoms in total. The highest BCUT2D eigenvalue weighted by Gasteiger charge is 2.27. The summed E-state index contributed by atoms with van der Waals surface area (Å²) in [5, 5.41) is 5.30. The smallest absolute Gasteiger partial charge is 0.200 e. The van der Waals surface area contributed by atoms with Gasteiger partial charge in [-0.2, -0.15) is 11.3 Å². The Morgan fingerprint density at radius 3 is 1.82 bits per heavy atom. The zero-order chi connectivity index (χ0) is 16.2. The van der Waals surface area contributed by atoms with Crippen molar-refractivity contribution in [3.63, 3.8) is 0 Å². The van der Waals surface area contributed by atoms with Gasteiger partial charge >= 0.3 is 0 Å². The van der Waals surface area contributed by atoms with Crippen LogP contribution in [0.1, 0.15) is 11.1 Å². The van der Waals surface area contributed by atoms with Crippen molar-refractivity contribution in [1.82, 2.24) is 0 Å². The Hall–Kier alpha value is -1.95. The molecular weight excluding hydrogens is 319 g/mol. The molecule has 1 heterocycles. The molecule has 0 atom stereocenters. The number of benzene rings is 2. The molecule has 6 heteroatoms. The molecule has 1 aromatic heterocycles. The monoisotopic (exact) mass is 328 g/mol. The summed E-state index contributed by atoms with van der Waals surface area (Å²) in [6.45, 7) is 3.33. The highest BCUT2D eigenvalue weighted by Crippen LogP contribution is 2.38. The van der Waals surface area contributed by atoms with E-state index in [4.69, 9.17) is 0 Å². The van der Waals surface area contributed by atoms with Gasteiger partial charge in [0.2, 0.25) is 5.82 Å². The molecule has 0 aliphatic carbocycles. The average molecular weight is 328 g/mol. The van der Waals surface area contributed by atoms with Crippen molar-refractivity contribution in [2.24, 2.45) is 0 Å². The van der Waals surface area contributed by atoms with Gasteiger partial charge in [-0.3, -0.25) is 0 Å². The summed E-state index contributed by atoms with van der Waals surface area (Å²) in [4.78, 5) is 0. The Bertz CT molecular complexity index is 882. The van der Waals surface area contributed by atoms with Crippen molar-refractivity contribution in [2.75, 3.05) is 0 Å². The third kappa shape index (κ3) is 1.94. The van der Waals surface area contributed by atoms with E-state index in [1.54, 1.807) is 19.2 Å². The van der Waals surface area contributed by atoms with Crippen LogP contribution in [0.25, 0.3) is 21.9 Å². The number of aryl methyl sites for hydroxylation is 2. The Morgan fingerprint density at radius 1 is 0.727 bits per heavy atom. The Morgan fingerprint density at radius 2 is 1.23 bits per heavy atom. The molecule has 0 bridgehead atoms. The van der Waals surface area contributed by atoms with Crippen LogP contribution in [-0.4, -0.2) is 0 Å². The molecule has 0 spiro atoms. The second-order valence-electron chi connectivity index (χ2n) is 5.01. The standard InChI is InChI=1S/C16H9F5S/c1-6-3-8(7(2)10-5-22-4-9(6)10)11-12(17)14(19)16(21)15(20)13(11)18/h3-5H,1-2H3. The van der Waals surface area contributed by atoms with E-state index in [9.17, 15) is 22.0 Å². The van der Waals surface area contributed by atoms with Gasteiger partial charge in [0.25, 0.3) is 0 Å². The zero-order valence-electron chi connectivity index (χ0n) is 11.5. The topological polar surface area (TPSA) is 0 Å². The molecule has 0 unspecified atom stereocenters. The molecule has 2 aromatic carbocycles. The molecule has 0 aliphatic rings. The first-order valence-corrected chi connectivity index (χ1v) is 7.26. The van der Waals surface area contributed by atoms with Crippen molar-refractivity contribution < 1.29 is 22.0 Å². The minimum atomic E-state index is -2.15. The SMILES string of the molecule is Cc1cc(-c2c(F)c(F)c(F)c(F)c2F)c(C)c2cscc12. The second kappa shape index (κ2) is 5.05. The number of hydrogen-bond acceptors (Lipinski definition) is 1. The van der Waals surface area contributed by atoms with Gasteiger partial charge in [-0.15, -0.1) is 0 Å². The molecular formula is C16H9F5S. The van der Waals surface area contributed by atoms with E-state index < -0.39 is 34.6 Å². The summed E-state index contributed by atoms with van der Waals surface area (Å²) in [5.41, 5.74) is 0.312. The van der Waals surface area contributed by atoms with Crippen molar-refractivity contribution in [2.45, 2.75) is 13.8 Å². The van der Waals surface area contributed by atoms with Crippen LogP contribution < -0.4 is 0 Å². The van der Waals surface area contributed by atoms with Crippen LogP contribution in [0.5, 0.6) is 0 Å². The first-order valence-electron chi connectivity index (χ1n) is 6.32. The predicted octanol–water partition coefficient (Wildman–Crippen LogP) is 5.88. The van der Waals surface area contributed by atoms with E-state index in [2.05, 4.69) is 0 Å². The molecule has 0 saturated heterocycles. The van der Waals surface area contributed by atoms with Gasteiger partial charge in [0.15, 0.2) is 23.3 Å². The first-order chi connectivity index (χ1) is 10.3. The highest BCUT2D eigenvalue weighted by molar-refractivity contribution is 7.09. The molecule has 114 valence electrons. The van der Waals surface area contributed by atoms with Gasteiger partial charge in [0, 0.05) is 0 Å². The summed E-state index contributed by atoms with van der Waals surface area (Å²) >= 11 is 1.41. The lowest BCUT2D eigenvalue weighted by Crippen LogP contribution is -2.05. The van der Waals surface area contributed by atoms with Crippen LogP contribution in [0.4, 0.5) is 22.0 Å². The van der Waals surface area contributed by atoms with Crippen LogP contribution in [0.3, 0.4) is 0 Å². The Kier molecular flexibility index (Phi) is 3.44. The fraction of sp³-hybridized carbons (Fsp3) is 0.125. The normalized spacial score (nSPS) is 11.4. The fourth-order valence-electron chi connectivity index (χ4n) is 2.54. The number of halogens is 5. The van der Waals surface area contributed by atoms with Gasteiger partial charge in [-0.05, 0) is 52.1 Å². The van der Waals surface area contributed by atoms with Crippen LogP contribution in [0.15, 0.2) is 16.8 Å². The lowest BCUT2D eigenvalue weighted by molar-refractivity contribution is 0.381. The van der Waals surface area contributed by atoms with E-state index in [0.717, 1.165) is 10.8 Å². The van der Waals surface area contributed by atoms with Gasteiger partial charge in [0.05, 0.1) is 5.56 Å². The highest BCUT2D eigenvalue weighted by atomic mass is 32.1. The summed E-state index contributed by atoms with van der Waals surface area (Å²) < 4.78 is 68.0. The largest absolute Gasteiger partial charge is 0.203 e. The molecule has 0 radical (unpaired) electrons. The average Bonchev–Trinajstić information content (AvgIpc) is 2.98. The van der Waals surface area contributed by atoms with Gasteiger partial charge < -0.3 is 0 Å². The summed E-state index contributed by atoms with van der Waals surface area (Å²) in [6, 6.07) is 1.45. The van der Waals surface area contributed by atoms with Crippen molar-refractivity contribution in [3.05, 3.63) is 57.0 Å². The molecule has 0 N–H and O–H groups in total. The van der Waals surface area contributed by atoms with Gasteiger partial charge in [-0.1, -0.05) is 6.07 Å². The lowest BCUT2D eigenvalue weighted by atomic mass is 9.93. The lowest BCUT2D eigenvalue weighted by Gasteiger charge is -2.13. The quantitative estimate of drug-likeness (QED) is 0.297. The molecule has 0 fully saturated rings.